The number of rotatable bonds is 5. The van der Waals surface area contributed by atoms with Crippen LogP contribution in [0.5, 0.6) is 0 Å². The first kappa shape index (κ1) is 13.8. The van der Waals surface area contributed by atoms with Gasteiger partial charge < -0.3 is 10.2 Å². The van der Waals surface area contributed by atoms with E-state index in [2.05, 4.69) is 10.2 Å². The Kier molecular flexibility index (Phi) is 5.47. The number of benzene rings is 1. The molecule has 2 nitrogen and oxygen atoms in total. The lowest BCUT2D eigenvalue weighted by molar-refractivity contribution is 0.242. The van der Waals surface area contributed by atoms with Crippen molar-refractivity contribution in [1.29, 1.82) is 0 Å². The third kappa shape index (κ3) is 4.26. The average molecular weight is 268 g/mol. The van der Waals surface area contributed by atoms with E-state index in [1.165, 1.54) is 31.0 Å². The van der Waals surface area contributed by atoms with Gasteiger partial charge in [-0.15, -0.1) is 11.8 Å². The van der Waals surface area contributed by atoms with E-state index < -0.39 is 0 Å². The molecular formula is C14H21FN2S. The first-order valence-electron chi connectivity index (χ1n) is 6.58. The molecule has 1 aromatic carbocycles. The number of thioether (sulfide) groups is 1. The Morgan fingerprint density at radius 3 is 2.83 bits per heavy atom. The van der Waals surface area contributed by atoms with Gasteiger partial charge in [-0.25, -0.2) is 4.39 Å². The second kappa shape index (κ2) is 7.12. The number of aryl methyl sites for hydroxylation is 1. The van der Waals surface area contributed by atoms with Gasteiger partial charge in [0.15, 0.2) is 0 Å². The highest BCUT2D eigenvalue weighted by Gasteiger charge is 2.08. The van der Waals surface area contributed by atoms with Crippen LogP contribution in [0.2, 0.25) is 0 Å². The number of nitrogens with one attached hydrogen (secondary N) is 1. The smallest absolute Gasteiger partial charge is 0.126 e. The van der Waals surface area contributed by atoms with E-state index in [1.54, 1.807) is 6.07 Å². The molecule has 0 amide bonds. The van der Waals surface area contributed by atoms with Crippen LogP contribution in [0.3, 0.4) is 0 Å². The van der Waals surface area contributed by atoms with Crippen molar-refractivity contribution >= 4 is 11.8 Å². The lowest BCUT2D eigenvalue weighted by Gasteiger charge is -2.26. The van der Waals surface area contributed by atoms with E-state index in [-0.39, 0.29) is 5.82 Å². The first-order chi connectivity index (χ1) is 8.75. The van der Waals surface area contributed by atoms with Crippen molar-refractivity contribution in [2.75, 3.05) is 38.5 Å². The lowest BCUT2D eigenvalue weighted by Crippen LogP contribution is -2.43. The highest BCUT2D eigenvalue weighted by Crippen LogP contribution is 2.21. The third-order valence-electron chi connectivity index (χ3n) is 3.23. The van der Waals surface area contributed by atoms with Gasteiger partial charge in [0, 0.05) is 31.1 Å². The van der Waals surface area contributed by atoms with Gasteiger partial charge in [0.2, 0.25) is 0 Å². The molecule has 2 rings (SSSR count). The molecule has 1 saturated heterocycles. The molecule has 18 heavy (non-hydrogen) atoms. The summed E-state index contributed by atoms with van der Waals surface area (Å²) >= 11 is 1.82. The second-order valence-electron chi connectivity index (χ2n) is 4.70. The number of nitrogens with zero attached hydrogens (tertiary/aromatic N) is 1. The molecule has 1 N–H and O–H groups in total. The molecule has 0 bridgehead atoms. The first-order valence-corrected chi connectivity index (χ1v) is 7.56. The van der Waals surface area contributed by atoms with E-state index in [0.717, 1.165) is 24.4 Å². The van der Waals surface area contributed by atoms with Crippen molar-refractivity contribution in [2.45, 2.75) is 18.2 Å². The van der Waals surface area contributed by atoms with E-state index in [9.17, 15) is 4.39 Å². The van der Waals surface area contributed by atoms with Crippen LogP contribution in [0.4, 0.5) is 4.39 Å². The van der Waals surface area contributed by atoms with Crippen molar-refractivity contribution in [3.05, 3.63) is 29.6 Å². The van der Waals surface area contributed by atoms with Gasteiger partial charge in [-0.3, -0.25) is 0 Å². The molecule has 1 aliphatic rings. The molecule has 0 unspecified atom stereocenters. The van der Waals surface area contributed by atoms with Crippen LogP contribution in [-0.4, -0.2) is 43.4 Å². The Morgan fingerprint density at radius 2 is 2.11 bits per heavy atom. The minimum Gasteiger partial charge on any atom is -0.314 e. The normalized spacial score (nSPS) is 17.0. The Labute approximate surface area is 113 Å². The van der Waals surface area contributed by atoms with E-state index in [0.29, 0.717) is 0 Å². The third-order valence-corrected chi connectivity index (χ3v) is 4.31. The Balaban J connectivity index is 1.66. The van der Waals surface area contributed by atoms with Crippen LogP contribution in [-0.2, 0) is 0 Å². The summed E-state index contributed by atoms with van der Waals surface area (Å²) in [5, 5.41) is 3.36. The van der Waals surface area contributed by atoms with Crippen molar-refractivity contribution in [3.8, 4) is 0 Å². The predicted molar refractivity (Wildman–Crippen MR) is 75.8 cm³/mol. The second-order valence-corrected chi connectivity index (χ2v) is 5.87. The summed E-state index contributed by atoms with van der Waals surface area (Å²) in [4.78, 5) is 3.68. The van der Waals surface area contributed by atoms with Gasteiger partial charge in [0.25, 0.3) is 0 Å². The van der Waals surface area contributed by atoms with Crippen molar-refractivity contribution in [3.63, 3.8) is 0 Å². The van der Waals surface area contributed by atoms with Crippen LogP contribution >= 0.6 is 11.8 Å². The molecule has 0 radical (unpaired) electrons. The molecular weight excluding hydrogens is 247 g/mol. The fraction of sp³-hybridized carbons (Fsp3) is 0.571. The minimum atomic E-state index is -0.111. The largest absolute Gasteiger partial charge is 0.314 e. The summed E-state index contributed by atoms with van der Waals surface area (Å²) in [5.74, 6) is 0.995. The van der Waals surface area contributed by atoms with Gasteiger partial charge in [-0.1, -0.05) is 0 Å². The summed E-state index contributed by atoms with van der Waals surface area (Å²) in [5.41, 5.74) is 0.738. The lowest BCUT2D eigenvalue weighted by atomic mass is 10.2. The number of halogens is 1. The summed E-state index contributed by atoms with van der Waals surface area (Å²) in [7, 11) is 0. The van der Waals surface area contributed by atoms with Crippen LogP contribution < -0.4 is 5.32 Å². The van der Waals surface area contributed by atoms with Crippen LogP contribution in [0, 0.1) is 12.7 Å². The molecule has 0 aromatic heterocycles. The zero-order valence-corrected chi connectivity index (χ0v) is 11.7. The van der Waals surface area contributed by atoms with Gasteiger partial charge >= 0.3 is 0 Å². The molecule has 4 heteroatoms. The summed E-state index contributed by atoms with van der Waals surface area (Å²) in [6.07, 6.45) is 1.20. The minimum absolute atomic E-state index is 0.111. The van der Waals surface area contributed by atoms with Crippen molar-refractivity contribution in [2.24, 2.45) is 0 Å². The monoisotopic (exact) mass is 268 g/mol. The van der Waals surface area contributed by atoms with Gasteiger partial charge in [0.05, 0.1) is 0 Å². The molecule has 100 valence electrons. The number of piperazine rings is 1. The maximum Gasteiger partial charge on any atom is 0.126 e. The van der Waals surface area contributed by atoms with Crippen LogP contribution in [0.1, 0.15) is 12.0 Å². The zero-order valence-electron chi connectivity index (χ0n) is 10.9. The fourth-order valence-corrected chi connectivity index (χ4v) is 3.05. The fourth-order valence-electron chi connectivity index (χ4n) is 2.12. The summed E-state index contributed by atoms with van der Waals surface area (Å²) < 4.78 is 13.1. The van der Waals surface area contributed by atoms with Crippen molar-refractivity contribution in [1.82, 2.24) is 10.2 Å². The van der Waals surface area contributed by atoms with Crippen LogP contribution in [0.25, 0.3) is 0 Å². The standard InChI is InChI=1S/C14H21FN2S/c1-12-11-13(3-4-14(12)15)18-10-2-7-17-8-5-16-6-9-17/h3-4,11,16H,2,5-10H2,1H3. The van der Waals surface area contributed by atoms with E-state index in [4.69, 9.17) is 0 Å². The average Bonchev–Trinajstić information content (AvgIpc) is 2.40. The molecule has 1 aromatic rings. The summed E-state index contributed by atoms with van der Waals surface area (Å²) in [6, 6.07) is 5.37. The molecule has 1 aliphatic heterocycles. The van der Waals surface area contributed by atoms with Crippen molar-refractivity contribution < 1.29 is 4.39 Å². The van der Waals surface area contributed by atoms with E-state index >= 15 is 0 Å². The van der Waals surface area contributed by atoms with Gasteiger partial charge in [-0.2, -0.15) is 0 Å². The Bertz CT molecular complexity index is 378. The number of hydrogen-bond donors (Lipinski definition) is 1. The Morgan fingerprint density at radius 1 is 1.33 bits per heavy atom. The predicted octanol–water partition coefficient (Wildman–Crippen LogP) is 2.52. The quantitative estimate of drug-likeness (QED) is 0.652. The SMILES string of the molecule is Cc1cc(SCCCN2CCNCC2)ccc1F. The zero-order chi connectivity index (χ0) is 12.8. The maximum atomic E-state index is 13.1. The Hall–Kier alpha value is -0.580. The molecule has 0 spiro atoms. The van der Waals surface area contributed by atoms with Gasteiger partial charge in [-0.05, 0) is 49.4 Å². The topological polar surface area (TPSA) is 15.3 Å². The van der Waals surface area contributed by atoms with Crippen LogP contribution in [0.15, 0.2) is 23.1 Å². The molecule has 1 heterocycles. The molecule has 0 saturated carbocycles. The van der Waals surface area contributed by atoms with Gasteiger partial charge in [0.1, 0.15) is 5.82 Å². The number of hydrogen-bond acceptors (Lipinski definition) is 3. The highest BCUT2D eigenvalue weighted by molar-refractivity contribution is 7.99. The highest BCUT2D eigenvalue weighted by atomic mass is 32.2. The van der Waals surface area contributed by atoms with E-state index in [1.807, 2.05) is 30.8 Å². The molecule has 1 fully saturated rings. The maximum absolute atomic E-state index is 13.1. The molecule has 0 aliphatic carbocycles. The summed E-state index contributed by atoms with van der Waals surface area (Å²) in [6.45, 7) is 7.56. The molecule has 0 atom stereocenters.